The summed E-state index contributed by atoms with van der Waals surface area (Å²) in [5.41, 5.74) is 3.39. The zero-order chi connectivity index (χ0) is 27.5. The Labute approximate surface area is 227 Å². The first-order valence-electron chi connectivity index (χ1n) is 11.3. The molecule has 0 aliphatic carbocycles. The predicted molar refractivity (Wildman–Crippen MR) is 146 cm³/mol. The number of esters is 1. The number of fused-ring (bicyclic) bond motifs is 2. The van der Waals surface area contributed by atoms with Gasteiger partial charge in [0, 0.05) is 11.1 Å². The Balaban J connectivity index is 0.000000158. The van der Waals surface area contributed by atoms with Gasteiger partial charge < -0.3 is 19.8 Å². The maximum Gasteiger partial charge on any atom is 0.374 e. The quantitative estimate of drug-likeness (QED) is 0.186. The van der Waals surface area contributed by atoms with E-state index in [0.717, 1.165) is 0 Å². The van der Waals surface area contributed by atoms with E-state index in [2.05, 4.69) is 24.7 Å². The van der Waals surface area contributed by atoms with Gasteiger partial charge in [-0.3, -0.25) is 9.59 Å². The van der Waals surface area contributed by atoms with Crippen LogP contribution in [-0.4, -0.2) is 55.7 Å². The number of carbonyl (C=O) groups is 4. The number of hydrogen-bond donors (Lipinski definition) is 3. The van der Waals surface area contributed by atoms with Crippen LogP contribution < -0.4 is 0 Å². The van der Waals surface area contributed by atoms with Gasteiger partial charge in [-0.15, -0.1) is 22.7 Å². The molecule has 0 atom stereocenters. The Kier molecular flexibility index (Phi) is 7.12. The average molecular weight is 559 g/mol. The van der Waals surface area contributed by atoms with Gasteiger partial charge in [-0.2, -0.15) is 0 Å². The first-order chi connectivity index (χ1) is 18.8. The van der Waals surface area contributed by atoms with E-state index in [4.69, 9.17) is 5.11 Å². The van der Waals surface area contributed by atoms with Crippen LogP contribution in [0.1, 0.15) is 51.7 Å². The zero-order valence-electron chi connectivity index (χ0n) is 20.1. The van der Waals surface area contributed by atoms with E-state index < -0.39 is 11.9 Å². The molecule has 6 rings (SSSR count). The number of ether oxygens (including phenoxy) is 1. The van der Waals surface area contributed by atoms with E-state index in [-0.39, 0.29) is 23.2 Å². The van der Waals surface area contributed by atoms with Crippen LogP contribution in [0.4, 0.5) is 0 Å². The number of aromatic amines is 2. The SMILES string of the molecule is COC(=O)c1nc2ccc(C(=O)c3cccs3)cc2[nH]1.O=C(O)c1nc2ccc(C(=O)c3cccs3)cc2[nH]1. The maximum atomic E-state index is 12.2. The highest BCUT2D eigenvalue weighted by Crippen LogP contribution is 2.20. The summed E-state index contributed by atoms with van der Waals surface area (Å²) in [6.07, 6.45) is 0. The summed E-state index contributed by atoms with van der Waals surface area (Å²) >= 11 is 2.77. The molecule has 4 aromatic heterocycles. The van der Waals surface area contributed by atoms with Gasteiger partial charge in [0.05, 0.1) is 38.9 Å². The highest BCUT2D eigenvalue weighted by molar-refractivity contribution is 7.12. The molecule has 2 aromatic carbocycles. The second-order valence-electron chi connectivity index (χ2n) is 8.04. The van der Waals surface area contributed by atoms with Crippen molar-refractivity contribution < 1.29 is 29.0 Å². The number of nitrogens with zero attached hydrogens (tertiary/aromatic N) is 2. The van der Waals surface area contributed by atoms with Crippen molar-refractivity contribution in [3.8, 4) is 0 Å². The summed E-state index contributed by atoms with van der Waals surface area (Å²) in [6, 6.07) is 17.2. The summed E-state index contributed by atoms with van der Waals surface area (Å²) in [5.74, 6) is -1.78. The summed E-state index contributed by atoms with van der Waals surface area (Å²) in [7, 11) is 1.29. The lowest BCUT2D eigenvalue weighted by Gasteiger charge is -1.97. The third-order valence-electron chi connectivity index (χ3n) is 5.56. The fourth-order valence-corrected chi connectivity index (χ4v) is 5.07. The van der Waals surface area contributed by atoms with Crippen molar-refractivity contribution in [3.05, 3.63) is 104 Å². The fourth-order valence-electron chi connectivity index (χ4n) is 3.70. The summed E-state index contributed by atoms with van der Waals surface area (Å²) < 4.78 is 4.60. The first-order valence-corrected chi connectivity index (χ1v) is 13.1. The third kappa shape index (κ3) is 5.37. The third-order valence-corrected chi connectivity index (χ3v) is 7.30. The van der Waals surface area contributed by atoms with Gasteiger partial charge in [0.1, 0.15) is 0 Å². The molecule has 194 valence electrons. The molecule has 3 N–H and O–H groups in total. The molecule has 0 unspecified atom stereocenters. The zero-order valence-corrected chi connectivity index (χ0v) is 21.8. The number of carbonyl (C=O) groups excluding carboxylic acids is 3. The van der Waals surface area contributed by atoms with E-state index in [0.29, 0.717) is 42.9 Å². The minimum Gasteiger partial charge on any atom is -0.475 e. The van der Waals surface area contributed by atoms with Crippen LogP contribution in [0.5, 0.6) is 0 Å². The highest BCUT2D eigenvalue weighted by atomic mass is 32.1. The van der Waals surface area contributed by atoms with Gasteiger partial charge in [-0.1, -0.05) is 12.1 Å². The van der Waals surface area contributed by atoms with Crippen LogP contribution in [0.3, 0.4) is 0 Å². The number of benzene rings is 2. The molecule has 4 heterocycles. The van der Waals surface area contributed by atoms with Crippen molar-refractivity contribution in [2.24, 2.45) is 0 Å². The van der Waals surface area contributed by atoms with Crippen molar-refractivity contribution in [2.45, 2.75) is 0 Å². The monoisotopic (exact) mass is 558 g/mol. The molecule has 0 saturated carbocycles. The number of ketones is 2. The number of nitrogens with one attached hydrogen (secondary N) is 2. The smallest absolute Gasteiger partial charge is 0.374 e. The molecular formula is C27H18N4O6S2. The minimum absolute atomic E-state index is 0.0453. The van der Waals surface area contributed by atoms with Crippen molar-refractivity contribution in [1.29, 1.82) is 0 Å². The van der Waals surface area contributed by atoms with E-state index in [1.807, 2.05) is 22.9 Å². The van der Waals surface area contributed by atoms with E-state index in [1.165, 1.54) is 29.8 Å². The number of rotatable bonds is 6. The number of imidazole rings is 2. The van der Waals surface area contributed by atoms with Crippen LogP contribution in [0, 0.1) is 0 Å². The molecule has 0 aliphatic rings. The number of aromatic carboxylic acids is 1. The molecule has 10 nitrogen and oxygen atoms in total. The number of aromatic nitrogens is 4. The lowest BCUT2D eigenvalue weighted by molar-refractivity contribution is 0.0587. The number of thiophene rings is 2. The molecular weight excluding hydrogens is 540 g/mol. The normalized spacial score (nSPS) is 10.7. The molecule has 0 amide bonds. The summed E-state index contributed by atoms with van der Waals surface area (Å²) in [6.45, 7) is 0. The molecule has 0 radical (unpaired) electrons. The highest BCUT2D eigenvalue weighted by Gasteiger charge is 2.16. The van der Waals surface area contributed by atoms with Crippen molar-refractivity contribution >= 4 is 68.2 Å². The topological polar surface area (TPSA) is 155 Å². The lowest BCUT2D eigenvalue weighted by Crippen LogP contribution is -2.02. The predicted octanol–water partition coefficient (Wildman–Crippen LogP) is 5.20. The molecule has 0 saturated heterocycles. The number of methoxy groups -OCH3 is 1. The second-order valence-corrected chi connectivity index (χ2v) is 9.94. The Morgan fingerprint density at radius 1 is 0.744 bits per heavy atom. The number of carboxylic acids is 1. The van der Waals surface area contributed by atoms with Crippen molar-refractivity contribution in [3.63, 3.8) is 0 Å². The first kappa shape index (κ1) is 25.7. The van der Waals surface area contributed by atoms with Crippen LogP contribution in [-0.2, 0) is 4.74 Å². The maximum absolute atomic E-state index is 12.2. The largest absolute Gasteiger partial charge is 0.475 e. The van der Waals surface area contributed by atoms with Gasteiger partial charge >= 0.3 is 11.9 Å². The lowest BCUT2D eigenvalue weighted by atomic mass is 10.1. The van der Waals surface area contributed by atoms with E-state index in [9.17, 15) is 19.2 Å². The van der Waals surface area contributed by atoms with Crippen molar-refractivity contribution in [1.82, 2.24) is 19.9 Å². The van der Waals surface area contributed by atoms with Crippen LogP contribution in [0.25, 0.3) is 22.1 Å². The van der Waals surface area contributed by atoms with E-state index in [1.54, 1.807) is 48.5 Å². The molecule has 12 heteroatoms. The standard InChI is InChI=1S/C14H10N2O3S.C13H8N2O3S/c1-19-14(18)13-15-9-5-4-8(7-10(9)16-13)12(17)11-3-2-6-20-11;16-11(10-2-1-5-19-10)7-3-4-8-9(6-7)15-12(14-8)13(17)18/h2-7H,1H3,(H,15,16);1-6H,(H,14,15)(H,17,18). The fraction of sp³-hybridized carbons (Fsp3) is 0.0370. The number of H-pyrrole nitrogens is 2. The Hall–Kier alpha value is -4.94. The van der Waals surface area contributed by atoms with E-state index >= 15 is 0 Å². The Bertz CT molecular complexity index is 1830. The number of carboxylic acid groups (broad SMARTS) is 1. The Morgan fingerprint density at radius 3 is 1.67 bits per heavy atom. The number of hydrogen-bond acceptors (Lipinski definition) is 9. The molecule has 39 heavy (non-hydrogen) atoms. The molecule has 0 aliphatic heterocycles. The summed E-state index contributed by atoms with van der Waals surface area (Å²) in [4.78, 5) is 61.5. The van der Waals surface area contributed by atoms with Gasteiger partial charge in [-0.25, -0.2) is 19.6 Å². The molecule has 0 spiro atoms. The van der Waals surface area contributed by atoms with Crippen LogP contribution >= 0.6 is 22.7 Å². The van der Waals surface area contributed by atoms with Gasteiger partial charge in [0.15, 0.2) is 0 Å². The van der Waals surface area contributed by atoms with Gasteiger partial charge in [0.2, 0.25) is 23.2 Å². The van der Waals surface area contributed by atoms with Crippen LogP contribution in [0.15, 0.2) is 71.4 Å². The molecule has 0 bridgehead atoms. The summed E-state index contributed by atoms with van der Waals surface area (Å²) in [5, 5.41) is 12.6. The van der Waals surface area contributed by atoms with Crippen molar-refractivity contribution in [2.75, 3.05) is 7.11 Å². The van der Waals surface area contributed by atoms with Crippen LogP contribution in [0.2, 0.25) is 0 Å². The Morgan fingerprint density at radius 2 is 1.23 bits per heavy atom. The molecule has 0 fully saturated rings. The minimum atomic E-state index is -1.12. The molecule has 6 aromatic rings. The second kappa shape index (κ2) is 10.8. The van der Waals surface area contributed by atoms with Gasteiger partial charge in [-0.05, 0) is 59.3 Å². The van der Waals surface area contributed by atoms with Gasteiger partial charge in [0.25, 0.3) is 0 Å². The average Bonchev–Trinajstić information content (AvgIpc) is 3.76.